The van der Waals surface area contributed by atoms with E-state index in [1.165, 1.54) is 12.4 Å². The largest absolute Gasteiger partial charge is 0.505 e. The van der Waals surface area contributed by atoms with Crippen LogP contribution in [0.4, 0.5) is 0 Å². The third-order valence-electron chi connectivity index (χ3n) is 3.72. The van der Waals surface area contributed by atoms with Crippen LogP contribution in [0.15, 0.2) is 43.0 Å². The third kappa shape index (κ3) is 3.35. The zero-order valence-electron chi connectivity index (χ0n) is 14.0. The average molecular weight is 338 g/mol. The molecule has 0 aliphatic rings. The van der Waals surface area contributed by atoms with Crippen LogP contribution < -0.4 is 4.74 Å². The molecule has 25 heavy (non-hydrogen) atoms. The first-order chi connectivity index (χ1) is 12.1. The van der Waals surface area contributed by atoms with E-state index in [1.54, 1.807) is 12.4 Å². The van der Waals surface area contributed by atoms with Crippen molar-refractivity contribution in [2.45, 2.75) is 26.5 Å². The topological polar surface area (TPSA) is 90.1 Å². The van der Waals surface area contributed by atoms with Crippen molar-refractivity contribution in [3.8, 4) is 22.9 Å². The average Bonchev–Trinajstić information content (AvgIpc) is 3.10. The molecule has 7 nitrogen and oxygen atoms in total. The predicted molar refractivity (Wildman–Crippen MR) is 91.5 cm³/mol. The zero-order valence-corrected chi connectivity index (χ0v) is 14.0. The fourth-order valence-corrected chi connectivity index (χ4v) is 2.53. The van der Waals surface area contributed by atoms with Gasteiger partial charge in [0.05, 0.1) is 23.8 Å². The first-order valence-electron chi connectivity index (χ1n) is 7.84. The second kappa shape index (κ2) is 7.12. The number of aromatic hydroxyl groups is 1. The Morgan fingerprint density at radius 2 is 2.12 bits per heavy atom. The molecule has 0 aromatic carbocycles. The number of aldehydes is 1. The lowest BCUT2D eigenvalue weighted by molar-refractivity contribution is 0.111. The first kappa shape index (κ1) is 16.6. The molecule has 3 aromatic rings. The molecule has 0 spiro atoms. The SMILES string of the molecule is CC(C)n1nccc1-c1ncccc1COc1cncc(O)c1C=O. The van der Waals surface area contributed by atoms with Gasteiger partial charge in [0, 0.05) is 24.0 Å². The fraction of sp³-hybridized carbons (Fsp3) is 0.222. The standard InChI is InChI=1S/C18H18N4O3/c1-12(2)22-15(5-7-21-22)18-13(4-3-6-20-18)11-25-17-9-19-8-16(24)14(17)10-23/h3-10,12,24H,11H2,1-2H3. The lowest BCUT2D eigenvalue weighted by atomic mass is 10.1. The number of nitrogens with zero attached hydrogens (tertiary/aromatic N) is 4. The highest BCUT2D eigenvalue weighted by Gasteiger charge is 2.15. The molecule has 0 fully saturated rings. The number of ether oxygens (including phenoxy) is 1. The molecule has 0 aliphatic carbocycles. The summed E-state index contributed by atoms with van der Waals surface area (Å²) >= 11 is 0. The predicted octanol–water partition coefficient (Wildman–Crippen LogP) is 3.02. The van der Waals surface area contributed by atoms with E-state index >= 15 is 0 Å². The third-order valence-corrected chi connectivity index (χ3v) is 3.72. The van der Waals surface area contributed by atoms with E-state index in [1.807, 2.05) is 36.7 Å². The van der Waals surface area contributed by atoms with Gasteiger partial charge in [-0.15, -0.1) is 0 Å². The smallest absolute Gasteiger partial charge is 0.157 e. The van der Waals surface area contributed by atoms with Gasteiger partial charge in [-0.2, -0.15) is 5.10 Å². The van der Waals surface area contributed by atoms with Crippen LogP contribution in [0.25, 0.3) is 11.4 Å². The Balaban J connectivity index is 1.91. The number of carbonyl (C=O) groups is 1. The van der Waals surface area contributed by atoms with E-state index in [0.29, 0.717) is 6.29 Å². The summed E-state index contributed by atoms with van der Waals surface area (Å²) in [6.07, 6.45) is 6.59. The van der Waals surface area contributed by atoms with Crippen LogP contribution in [0.3, 0.4) is 0 Å². The Labute approximate surface area is 144 Å². The highest BCUT2D eigenvalue weighted by atomic mass is 16.5. The summed E-state index contributed by atoms with van der Waals surface area (Å²) in [6, 6.07) is 5.81. The van der Waals surface area contributed by atoms with Gasteiger partial charge in [-0.05, 0) is 26.0 Å². The maximum Gasteiger partial charge on any atom is 0.157 e. The molecule has 3 rings (SSSR count). The van der Waals surface area contributed by atoms with Crippen molar-refractivity contribution < 1.29 is 14.6 Å². The summed E-state index contributed by atoms with van der Waals surface area (Å²) in [5.74, 6) is 0.0129. The van der Waals surface area contributed by atoms with Crippen LogP contribution >= 0.6 is 0 Å². The summed E-state index contributed by atoms with van der Waals surface area (Å²) in [7, 11) is 0. The van der Waals surface area contributed by atoms with Crippen LogP contribution in [0.1, 0.15) is 35.8 Å². The molecule has 0 aliphatic heterocycles. The Kier molecular flexibility index (Phi) is 4.74. The maximum absolute atomic E-state index is 11.1. The zero-order chi connectivity index (χ0) is 17.8. The van der Waals surface area contributed by atoms with Crippen LogP contribution in [0.5, 0.6) is 11.5 Å². The molecule has 0 amide bonds. The van der Waals surface area contributed by atoms with E-state index in [4.69, 9.17) is 4.74 Å². The summed E-state index contributed by atoms with van der Waals surface area (Å²) in [5, 5.41) is 14.0. The Bertz CT molecular complexity index is 890. The van der Waals surface area contributed by atoms with E-state index in [2.05, 4.69) is 15.1 Å². The van der Waals surface area contributed by atoms with Gasteiger partial charge in [0.25, 0.3) is 0 Å². The molecule has 0 unspecified atom stereocenters. The van der Waals surface area contributed by atoms with Crippen LogP contribution in [0, 0.1) is 0 Å². The van der Waals surface area contributed by atoms with Gasteiger partial charge >= 0.3 is 0 Å². The second-order valence-electron chi connectivity index (χ2n) is 5.74. The van der Waals surface area contributed by atoms with Crippen molar-refractivity contribution >= 4 is 6.29 Å². The monoisotopic (exact) mass is 338 g/mol. The molecule has 0 saturated heterocycles. The van der Waals surface area contributed by atoms with E-state index < -0.39 is 0 Å². The van der Waals surface area contributed by atoms with Gasteiger partial charge in [0.1, 0.15) is 17.9 Å². The molecule has 128 valence electrons. The normalized spacial score (nSPS) is 10.8. The molecule has 0 radical (unpaired) electrons. The van der Waals surface area contributed by atoms with Gasteiger partial charge in [-0.25, -0.2) is 0 Å². The molecule has 0 atom stereocenters. The summed E-state index contributed by atoms with van der Waals surface area (Å²) in [4.78, 5) is 19.5. The van der Waals surface area contributed by atoms with Crippen molar-refractivity contribution in [1.29, 1.82) is 0 Å². The van der Waals surface area contributed by atoms with E-state index in [-0.39, 0.29) is 29.7 Å². The number of carbonyl (C=O) groups excluding carboxylic acids is 1. The van der Waals surface area contributed by atoms with E-state index in [9.17, 15) is 9.90 Å². The summed E-state index contributed by atoms with van der Waals surface area (Å²) < 4.78 is 7.60. The molecular formula is C18H18N4O3. The number of pyridine rings is 2. The van der Waals surface area contributed by atoms with Crippen LogP contribution in [0.2, 0.25) is 0 Å². The van der Waals surface area contributed by atoms with Gasteiger partial charge in [0.2, 0.25) is 0 Å². The maximum atomic E-state index is 11.1. The Morgan fingerprint density at radius 1 is 1.28 bits per heavy atom. The van der Waals surface area contributed by atoms with Gasteiger partial charge in [-0.3, -0.25) is 19.4 Å². The molecule has 7 heteroatoms. The van der Waals surface area contributed by atoms with Crippen LogP contribution in [-0.4, -0.2) is 31.1 Å². The highest BCUT2D eigenvalue weighted by molar-refractivity contribution is 5.82. The Morgan fingerprint density at radius 3 is 2.88 bits per heavy atom. The summed E-state index contributed by atoms with van der Waals surface area (Å²) in [6.45, 7) is 4.27. The number of aromatic nitrogens is 4. The second-order valence-corrected chi connectivity index (χ2v) is 5.74. The molecule has 0 bridgehead atoms. The van der Waals surface area contributed by atoms with Gasteiger partial charge in [-0.1, -0.05) is 6.07 Å². The minimum absolute atomic E-state index is 0.0765. The fourth-order valence-electron chi connectivity index (χ4n) is 2.53. The number of rotatable bonds is 6. The minimum atomic E-state index is -0.211. The first-order valence-corrected chi connectivity index (χ1v) is 7.84. The molecule has 1 N–H and O–H groups in total. The summed E-state index contributed by atoms with van der Waals surface area (Å²) in [5.41, 5.74) is 2.56. The Hall–Kier alpha value is -3.22. The number of hydrogen-bond acceptors (Lipinski definition) is 6. The van der Waals surface area contributed by atoms with Gasteiger partial charge in [0.15, 0.2) is 12.0 Å². The van der Waals surface area contributed by atoms with Crippen molar-refractivity contribution in [2.75, 3.05) is 0 Å². The number of hydrogen-bond donors (Lipinski definition) is 1. The van der Waals surface area contributed by atoms with E-state index in [0.717, 1.165) is 17.0 Å². The molecule has 3 heterocycles. The minimum Gasteiger partial charge on any atom is -0.505 e. The highest BCUT2D eigenvalue weighted by Crippen LogP contribution is 2.27. The van der Waals surface area contributed by atoms with Crippen molar-refractivity contribution in [1.82, 2.24) is 19.7 Å². The molecular weight excluding hydrogens is 320 g/mol. The quantitative estimate of drug-likeness (QED) is 0.695. The van der Waals surface area contributed by atoms with Crippen LogP contribution in [-0.2, 0) is 6.61 Å². The van der Waals surface area contributed by atoms with Crippen molar-refractivity contribution in [3.05, 3.63) is 54.1 Å². The van der Waals surface area contributed by atoms with Crippen molar-refractivity contribution in [2.24, 2.45) is 0 Å². The lowest BCUT2D eigenvalue weighted by Gasteiger charge is -2.14. The lowest BCUT2D eigenvalue weighted by Crippen LogP contribution is -2.08. The van der Waals surface area contributed by atoms with Crippen molar-refractivity contribution in [3.63, 3.8) is 0 Å². The molecule has 0 saturated carbocycles. The van der Waals surface area contributed by atoms with Gasteiger partial charge < -0.3 is 9.84 Å². The molecule has 3 aromatic heterocycles.